The molecule has 0 bridgehead atoms. The van der Waals surface area contributed by atoms with Gasteiger partial charge in [0, 0.05) is 26.7 Å². The number of sulfone groups is 1. The quantitative estimate of drug-likeness (QED) is 0.413. The number of aldehydes is 1. The lowest BCUT2D eigenvalue weighted by molar-refractivity contribution is -0.136. The van der Waals surface area contributed by atoms with Gasteiger partial charge in [0.25, 0.3) is 0 Å². The Morgan fingerprint density at radius 1 is 1.05 bits per heavy atom. The van der Waals surface area contributed by atoms with E-state index in [4.69, 9.17) is 24.1 Å². The number of benzene rings is 1. The van der Waals surface area contributed by atoms with Gasteiger partial charge >= 0.3 is 0 Å². The molecule has 1 aromatic rings. The molecule has 1 N–H and O–H groups in total. The van der Waals surface area contributed by atoms with Crippen LogP contribution in [0.1, 0.15) is 60.8 Å². The van der Waals surface area contributed by atoms with Crippen LogP contribution in [-0.2, 0) is 33.6 Å². The van der Waals surface area contributed by atoms with Crippen LogP contribution in [0.25, 0.3) is 0 Å². The van der Waals surface area contributed by atoms with E-state index in [0.717, 1.165) is 39.5 Å². The highest BCUT2D eigenvalue weighted by Crippen LogP contribution is 2.23. The Morgan fingerprint density at radius 2 is 1.66 bits per heavy atom. The van der Waals surface area contributed by atoms with Crippen molar-refractivity contribution in [1.29, 1.82) is 0 Å². The molecule has 3 heterocycles. The smallest absolute Gasteiger partial charge is 0.178 e. The Morgan fingerprint density at radius 3 is 2.03 bits per heavy atom. The van der Waals surface area contributed by atoms with Gasteiger partial charge in [-0.2, -0.15) is 0 Å². The third-order valence-corrected chi connectivity index (χ3v) is 7.87. The van der Waals surface area contributed by atoms with Crippen molar-refractivity contribution < 1.29 is 37.3 Å². The molecule has 8 nitrogen and oxygen atoms in total. The van der Waals surface area contributed by atoms with Crippen molar-refractivity contribution >= 4 is 16.1 Å². The molecule has 38 heavy (non-hydrogen) atoms. The number of aliphatic hydroxyl groups excluding tert-OH is 1. The average molecular weight is 559 g/mol. The molecule has 2 unspecified atom stereocenters. The van der Waals surface area contributed by atoms with E-state index >= 15 is 0 Å². The molecule has 4 rings (SSSR count). The molecule has 0 aromatic heterocycles. The maximum atomic E-state index is 11.9. The number of ether oxygens (including phenoxy) is 4. The van der Waals surface area contributed by atoms with Crippen LogP contribution in [0.2, 0.25) is 0 Å². The Labute approximate surface area is 230 Å². The van der Waals surface area contributed by atoms with Crippen LogP contribution < -0.4 is 0 Å². The van der Waals surface area contributed by atoms with Gasteiger partial charge in [-0.05, 0) is 70.1 Å². The minimum Gasteiger partial charge on any atom is -0.400 e. The summed E-state index contributed by atoms with van der Waals surface area (Å²) in [6, 6.07) is 8.60. The van der Waals surface area contributed by atoms with Gasteiger partial charge in [0.1, 0.15) is 6.29 Å². The summed E-state index contributed by atoms with van der Waals surface area (Å²) in [6.45, 7) is 18.8. The van der Waals surface area contributed by atoms with Crippen LogP contribution in [0.3, 0.4) is 0 Å². The molecule has 9 heteroatoms. The molecule has 3 aliphatic heterocycles. The summed E-state index contributed by atoms with van der Waals surface area (Å²) in [7, 11) is -2.12. The van der Waals surface area contributed by atoms with Gasteiger partial charge in [0.2, 0.25) is 0 Å². The van der Waals surface area contributed by atoms with Gasteiger partial charge < -0.3 is 28.8 Å². The molecule has 1 aromatic carbocycles. The van der Waals surface area contributed by atoms with Crippen molar-refractivity contribution in [1.82, 2.24) is 0 Å². The number of hydrogen-bond donors (Lipinski definition) is 1. The van der Waals surface area contributed by atoms with Crippen LogP contribution in [0.5, 0.6) is 0 Å². The van der Waals surface area contributed by atoms with Crippen LogP contribution in [0, 0.1) is 11.8 Å². The van der Waals surface area contributed by atoms with Crippen LogP contribution in [-0.4, -0.2) is 77.1 Å². The molecule has 4 atom stereocenters. The van der Waals surface area contributed by atoms with Crippen LogP contribution in [0.4, 0.5) is 0 Å². The van der Waals surface area contributed by atoms with Crippen molar-refractivity contribution in [3.05, 3.63) is 42.5 Å². The molecule has 3 saturated heterocycles. The van der Waals surface area contributed by atoms with Gasteiger partial charge in [0.05, 0.1) is 36.1 Å². The maximum Gasteiger partial charge on any atom is 0.178 e. The summed E-state index contributed by atoms with van der Waals surface area (Å²) >= 11 is 0. The lowest BCUT2D eigenvalue weighted by Crippen LogP contribution is -2.23. The SMILES string of the molecule is C=C1[C@H](C)CCO[C@H]1C.CC1COC(C)(C)O1.CCC=O.CO.O=S(=O)(CC1CCOC1)c1ccccc1. The molecule has 0 radical (unpaired) electrons. The summed E-state index contributed by atoms with van der Waals surface area (Å²) in [5.41, 5.74) is 1.25. The van der Waals surface area contributed by atoms with Gasteiger partial charge in [-0.15, -0.1) is 0 Å². The van der Waals surface area contributed by atoms with E-state index in [2.05, 4.69) is 20.4 Å². The largest absolute Gasteiger partial charge is 0.400 e. The summed E-state index contributed by atoms with van der Waals surface area (Å²) in [6.07, 6.45) is 4.06. The predicted octanol–water partition coefficient (Wildman–Crippen LogP) is 4.85. The van der Waals surface area contributed by atoms with Gasteiger partial charge in [-0.1, -0.05) is 38.6 Å². The highest BCUT2D eigenvalue weighted by molar-refractivity contribution is 7.91. The highest BCUT2D eigenvalue weighted by Gasteiger charge is 2.29. The van der Waals surface area contributed by atoms with Gasteiger partial charge in [-0.3, -0.25) is 0 Å². The second-order valence-electron chi connectivity index (χ2n) is 9.82. The van der Waals surface area contributed by atoms with E-state index in [0.29, 0.717) is 30.4 Å². The second-order valence-corrected chi connectivity index (χ2v) is 11.9. The number of rotatable bonds is 4. The molecular formula is C29H50O8S. The van der Waals surface area contributed by atoms with Crippen molar-refractivity contribution in [2.75, 3.05) is 39.3 Å². The van der Waals surface area contributed by atoms with E-state index in [1.165, 1.54) is 5.57 Å². The second kappa shape index (κ2) is 19.4. The maximum absolute atomic E-state index is 11.9. The van der Waals surface area contributed by atoms with Crippen molar-refractivity contribution in [3.63, 3.8) is 0 Å². The Kier molecular flexibility index (Phi) is 18.6. The van der Waals surface area contributed by atoms with Gasteiger partial charge in [0.15, 0.2) is 15.6 Å². The number of carbonyl (C=O) groups excluding carboxylic acids is 1. The third-order valence-electron chi connectivity index (χ3n) is 5.97. The Balaban J connectivity index is 0.000000514. The topological polar surface area (TPSA) is 108 Å². The fraction of sp³-hybridized carbons (Fsp3) is 0.690. The average Bonchev–Trinajstić information content (AvgIpc) is 3.52. The molecule has 3 aliphatic rings. The summed E-state index contributed by atoms with van der Waals surface area (Å²) < 4.78 is 45.0. The van der Waals surface area contributed by atoms with E-state index in [1.54, 1.807) is 24.3 Å². The van der Waals surface area contributed by atoms with E-state index < -0.39 is 9.84 Å². The first-order valence-corrected chi connectivity index (χ1v) is 14.9. The van der Waals surface area contributed by atoms with E-state index in [1.807, 2.05) is 33.8 Å². The van der Waals surface area contributed by atoms with Crippen molar-refractivity contribution in [3.8, 4) is 0 Å². The molecule has 0 spiro atoms. The van der Waals surface area contributed by atoms with Crippen molar-refractivity contribution in [2.45, 2.75) is 83.7 Å². The molecular weight excluding hydrogens is 508 g/mol. The first-order chi connectivity index (χ1) is 17.9. The van der Waals surface area contributed by atoms with Crippen LogP contribution >= 0.6 is 0 Å². The molecule has 0 saturated carbocycles. The molecule has 220 valence electrons. The minimum absolute atomic E-state index is 0.162. The lowest BCUT2D eigenvalue weighted by atomic mass is 9.93. The van der Waals surface area contributed by atoms with Crippen LogP contribution in [0.15, 0.2) is 47.4 Å². The number of aliphatic hydroxyl groups is 1. The molecule has 0 amide bonds. The zero-order chi connectivity index (χ0) is 29.2. The summed E-state index contributed by atoms with van der Waals surface area (Å²) in [5, 5.41) is 7.00. The number of hydrogen-bond acceptors (Lipinski definition) is 8. The van der Waals surface area contributed by atoms with E-state index in [-0.39, 0.29) is 29.7 Å². The molecule has 0 aliphatic carbocycles. The monoisotopic (exact) mass is 558 g/mol. The predicted molar refractivity (Wildman–Crippen MR) is 151 cm³/mol. The standard InChI is InChI=1S/C11H14O3S.C8H14O.C6H12O2.C3H6O.CH4O/c12-15(13,9-10-6-7-14-8-10)11-4-2-1-3-5-11;1-6-4-5-9-8(3)7(6)2;1-5-4-7-6(2,3)8-5;1-2-3-4;1-2/h1-5,10H,6-9H2;6,8H,2,4-5H2,1,3H3;5H,4H2,1-3H3;3H,2H2,1H3;2H,1H3/t;6-,8+;;;/m.1.../s1. The highest BCUT2D eigenvalue weighted by atomic mass is 32.2. The molecule has 3 fully saturated rings. The van der Waals surface area contributed by atoms with Crippen molar-refractivity contribution in [2.24, 2.45) is 11.8 Å². The summed E-state index contributed by atoms with van der Waals surface area (Å²) in [5.74, 6) is 0.695. The normalized spacial score (nSPS) is 25.6. The summed E-state index contributed by atoms with van der Waals surface area (Å²) in [4.78, 5) is 9.59. The Bertz CT molecular complexity index is 852. The zero-order valence-electron chi connectivity index (χ0n) is 24.4. The number of carbonyl (C=O) groups is 1. The van der Waals surface area contributed by atoms with E-state index in [9.17, 15) is 13.2 Å². The lowest BCUT2D eigenvalue weighted by Gasteiger charge is -2.27. The fourth-order valence-corrected chi connectivity index (χ4v) is 5.38. The minimum atomic E-state index is -3.12. The third kappa shape index (κ3) is 15.1. The zero-order valence-corrected chi connectivity index (χ0v) is 25.2. The first-order valence-electron chi connectivity index (χ1n) is 13.3. The fourth-order valence-electron chi connectivity index (χ4n) is 3.73. The first kappa shape index (κ1) is 36.4. The Hall–Kier alpha value is -1.62. The van der Waals surface area contributed by atoms with Gasteiger partial charge in [-0.25, -0.2) is 8.42 Å².